The van der Waals surface area contributed by atoms with Gasteiger partial charge in [-0.25, -0.2) is 0 Å². The third kappa shape index (κ3) is 4.24. The Hall–Kier alpha value is -2.54. The molecule has 1 N–H and O–H groups in total. The summed E-state index contributed by atoms with van der Waals surface area (Å²) < 4.78 is 0. The van der Waals surface area contributed by atoms with Gasteiger partial charge in [-0.15, -0.1) is 11.8 Å². The summed E-state index contributed by atoms with van der Waals surface area (Å²) in [6.07, 6.45) is 3.02. The molecule has 1 amide bonds. The number of nitrogens with one attached hydrogen (secondary N) is 1. The van der Waals surface area contributed by atoms with Gasteiger partial charge in [-0.05, 0) is 48.9 Å². The van der Waals surface area contributed by atoms with E-state index in [-0.39, 0.29) is 22.6 Å². The summed E-state index contributed by atoms with van der Waals surface area (Å²) in [5.41, 5.74) is 2.07. The number of carbonyl (C=O) groups excluding carboxylic acids is 1. The van der Waals surface area contributed by atoms with Crippen LogP contribution in [0, 0.1) is 16.0 Å². The van der Waals surface area contributed by atoms with E-state index in [0.717, 1.165) is 43.7 Å². The van der Waals surface area contributed by atoms with Gasteiger partial charge in [-0.3, -0.25) is 14.9 Å². The zero-order chi connectivity index (χ0) is 20.4. The molecule has 0 bridgehead atoms. The molecule has 4 rings (SSSR count). The highest BCUT2D eigenvalue weighted by Crippen LogP contribution is 2.36. The maximum atomic E-state index is 12.9. The van der Waals surface area contributed by atoms with Gasteiger partial charge in [-0.1, -0.05) is 25.1 Å². The quantitative estimate of drug-likeness (QED) is 0.578. The highest BCUT2D eigenvalue weighted by molar-refractivity contribution is 7.99. The van der Waals surface area contributed by atoms with E-state index in [9.17, 15) is 14.9 Å². The summed E-state index contributed by atoms with van der Waals surface area (Å²) in [6, 6.07) is 12.9. The molecular formula is C22H25N3O3S. The minimum Gasteiger partial charge on any atom is -0.366 e. The number of hydrogen-bond acceptors (Lipinski definition) is 5. The number of nitro groups is 1. The second-order valence-corrected chi connectivity index (χ2v) is 8.99. The van der Waals surface area contributed by atoms with Gasteiger partial charge >= 0.3 is 0 Å². The van der Waals surface area contributed by atoms with Crippen molar-refractivity contribution in [1.82, 2.24) is 5.32 Å². The van der Waals surface area contributed by atoms with Crippen molar-refractivity contribution >= 4 is 29.0 Å². The maximum absolute atomic E-state index is 12.9. The van der Waals surface area contributed by atoms with Crippen LogP contribution >= 0.6 is 11.8 Å². The predicted molar refractivity (Wildman–Crippen MR) is 116 cm³/mol. The minimum atomic E-state index is -0.377. The fourth-order valence-corrected chi connectivity index (χ4v) is 5.35. The van der Waals surface area contributed by atoms with Gasteiger partial charge in [0.05, 0.1) is 11.0 Å². The molecule has 1 fully saturated rings. The Morgan fingerprint density at radius 3 is 2.86 bits per heavy atom. The molecule has 2 aliphatic rings. The molecule has 2 aromatic carbocycles. The summed E-state index contributed by atoms with van der Waals surface area (Å²) in [6.45, 7) is 3.79. The van der Waals surface area contributed by atoms with Crippen LogP contribution in [-0.4, -0.2) is 29.7 Å². The number of rotatable bonds is 4. The second-order valence-electron chi connectivity index (χ2n) is 7.86. The SMILES string of the molecule is CC1CCCN(c2ccc(C(=O)NC3CCSc4ccccc43)cc2[N+](=O)[O-])C1. The van der Waals surface area contributed by atoms with Crippen LogP contribution in [0.15, 0.2) is 47.4 Å². The van der Waals surface area contributed by atoms with E-state index in [1.807, 2.05) is 18.2 Å². The van der Waals surface area contributed by atoms with Crippen molar-refractivity contribution in [3.63, 3.8) is 0 Å². The Kier molecular flexibility index (Phi) is 5.76. The van der Waals surface area contributed by atoms with Crippen molar-refractivity contribution in [3.05, 3.63) is 63.7 Å². The monoisotopic (exact) mass is 411 g/mol. The van der Waals surface area contributed by atoms with E-state index < -0.39 is 0 Å². The van der Waals surface area contributed by atoms with Gasteiger partial charge in [0.15, 0.2) is 0 Å². The van der Waals surface area contributed by atoms with Crippen molar-refractivity contribution in [1.29, 1.82) is 0 Å². The van der Waals surface area contributed by atoms with Crippen LogP contribution < -0.4 is 10.2 Å². The number of nitrogens with zero attached hydrogens (tertiary/aromatic N) is 2. The minimum absolute atomic E-state index is 0.00588. The van der Waals surface area contributed by atoms with Crippen molar-refractivity contribution in [2.75, 3.05) is 23.7 Å². The Morgan fingerprint density at radius 1 is 1.24 bits per heavy atom. The number of hydrogen-bond donors (Lipinski definition) is 1. The van der Waals surface area contributed by atoms with Crippen LogP contribution in [0.3, 0.4) is 0 Å². The first kappa shape index (κ1) is 19.8. The van der Waals surface area contributed by atoms with Crippen LogP contribution in [-0.2, 0) is 0 Å². The zero-order valence-corrected chi connectivity index (χ0v) is 17.3. The molecule has 0 aliphatic carbocycles. The van der Waals surface area contributed by atoms with Crippen molar-refractivity contribution in [3.8, 4) is 0 Å². The van der Waals surface area contributed by atoms with Gasteiger partial charge in [0.25, 0.3) is 11.6 Å². The first-order valence-electron chi connectivity index (χ1n) is 10.1. The lowest BCUT2D eigenvalue weighted by atomic mass is 9.99. The average Bonchev–Trinajstić information content (AvgIpc) is 2.73. The van der Waals surface area contributed by atoms with Crippen LogP contribution in [0.4, 0.5) is 11.4 Å². The molecule has 0 saturated carbocycles. The fourth-order valence-electron chi connectivity index (χ4n) is 4.22. The Bertz CT molecular complexity index is 933. The van der Waals surface area contributed by atoms with Crippen molar-refractivity contribution in [2.24, 2.45) is 5.92 Å². The highest BCUT2D eigenvalue weighted by Gasteiger charge is 2.27. The summed E-state index contributed by atoms with van der Waals surface area (Å²) in [4.78, 5) is 27.5. The molecule has 2 aliphatic heterocycles. The molecule has 2 unspecified atom stereocenters. The number of piperidine rings is 1. The topological polar surface area (TPSA) is 75.5 Å². The number of fused-ring (bicyclic) bond motifs is 1. The smallest absolute Gasteiger partial charge is 0.293 e. The molecule has 1 saturated heterocycles. The van der Waals surface area contributed by atoms with Crippen LogP contribution in [0.5, 0.6) is 0 Å². The van der Waals surface area contributed by atoms with E-state index in [0.29, 0.717) is 17.2 Å². The van der Waals surface area contributed by atoms with Crippen molar-refractivity contribution < 1.29 is 9.72 Å². The standard InChI is InChI=1S/C22H25N3O3S/c1-15-5-4-11-24(14-15)19-9-8-16(13-20(19)25(27)28)22(26)23-18-10-12-29-21-7-3-2-6-17(18)21/h2-3,6-9,13,15,18H,4-5,10-12,14H2,1H3,(H,23,26). The summed E-state index contributed by atoms with van der Waals surface area (Å²) >= 11 is 1.79. The van der Waals surface area contributed by atoms with Crippen LogP contribution in [0.1, 0.15) is 48.1 Å². The third-order valence-corrected chi connectivity index (χ3v) is 6.82. The van der Waals surface area contributed by atoms with Gasteiger partial charge in [0.2, 0.25) is 0 Å². The number of nitro benzene ring substituents is 1. The zero-order valence-electron chi connectivity index (χ0n) is 16.5. The Labute approximate surface area is 174 Å². The lowest BCUT2D eigenvalue weighted by Gasteiger charge is -2.32. The maximum Gasteiger partial charge on any atom is 0.293 e. The molecule has 6 nitrogen and oxygen atoms in total. The second kappa shape index (κ2) is 8.45. The van der Waals surface area contributed by atoms with Crippen molar-refractivity contribution in [2.45, 2.75) is 37.1 Å². The number of amides is 1. The van der Waals surface area contributed by atoms with E-state index in [1.165, 1.54) is 11.0 Å². The largest absolute Gasteiger partial charge is 0.366 e. The Balaban J connectivity index is 1.57. The van der Waals surface area contributed by atoms with E-state index in [2.05, 4.69) is 23.2 Å². The predicted octanol–water partition coefficient (Wildman–Crippen LogP) is 4.80. The summed E-state index contributed by atoms with van der Waals surface area (Å²) in [5, 5.41) is 14.8. The number of carbonyl (C=O) groups is 1. The first-order chi connectivity index (χ1) is 14.0. The molecule has 7 heteroatoms. The molecule has 152 valence electrons. The summed E-state index contributed by atoms with van der Waals surface area (Å²) in [5.74, 6) is 1.18. The van der Waals surface area contributed by atoms with E-state index in [1.54, 1.807) is 23.9 Å². The normalized spacial score (nSPS) is 21.3. The lowest BCUT2D eigenvalue weighted by molar-refractivity contribution is -0.384. The molecular weight excluding hydrogens is 386 g/mol. The Morgan fingerprint density at radius 2 is 2.07 bits per heavy atom. The van der Waals surface area contributed by atoms with Gasteiger partial charge in [-0.2, -0.15) is 0 Å². The average molecular weight is 412 g/mol. The van der Waals surface area contributed by atoms with Gasteiger partial charge < -0.3 is 10.2 Å². The number of benzene rings is 2. The number of anilines is 1. The molecule has 0 spiro atoms. The molecule has 0 radical (unpaired) electrons. The molecule has 0 aromatic heterocycles. The van der Waals surface area contributed by atoms with E-state index in [4.69, 9.17) is 0 Å². The molecule has 2 heterocycles. The molecule has 29 heavy (non-hydrogen) atoms. The first-order valence-corrected chi connectivity index (χ1v) is 11.1. The summed E-state index contributed by atoms with van der Waals surface area (Å²) in [7, 11) is 0. The van der Waals surface area contributed by atoms with Gasteiger partial charge in [0.1, 0.15) is 5.69 Å². The van der Waals surface area contributed by atoms with Crippen LogP contribution in [0.25, 0.3) is 0 Å². The number of thioether (sulfide) groups is 1. The third-order valence-electron chi connectivity index (χ3n) is 5.70. The molecule has 2 aromatic rings. The van der Waals surface area contributed by atoms with Gasteiger partial charge in [0, 0.05) is 35.4 Å². The molecule has 2 atom stereocenters. The lowest BCUT2D eigenvalue weighted by Crippen LogP contribution is -2.35. The van der Waals surface area contributed by atoms with Crippen LogP contribution in [0.2, 0.25) is 0 Å². The van der Waals surface area contributed by atoms with E-state index >= 15 is 0 Å². The fraction of sp³-hybridized carbons (Fsp3) is 0.409. The highest BCUT2D eigenvalue weighted by atomic mass is 32.2.